The Balaban J connectivity index is 1.12. The zero-order chi connectivity index (χ0) is 35.5. The monoisotopic (exact) mass is 728 g/mol. The van der Waals surface area contributed by atoms with Crippen LogP contribution in [0.5, 0.6) is 11.6 Å². The maximum absolute atomic E-state index is 11.5. The lowest BCUT2D eigenvalue weighted by molar-refractivity contribution is -0.120. The van der Waals surface area contributed by atoms with E-state index in [1.54, 1.807) is 20.4 Å². The number of hydrogen-bond donors (Lipinski definition) is 4. The van der Waals surface area contributed by atoms with Crippen LogP contribution >= 0.6 is 23.2 Å². The molecule has 4 aromatic heterocycles. The van der Waals surface area contributed by atoms with Crippen LogP contribution in [-0.4, -0.2) is 70.6 Å². The van der Waals surface area contributed by atoms with Gasteiger partial charge >= 0.3 is 0 Å². The van der Waals surface area contributed by atoms with Gasteiger partial charge in [0.25, 0.3) is 0 Å². The number of amides is 2. The Labute approximate surface area is 305 Å². The van der Waals surface area contributed by atoms with E-state index in [0.29, 0.717) is 83.3 Å². The molecule has 0 radical (unpaired) electrons. The molecule has 6 heterocycles. The van der Waals surface area contributed by atoms with E-state index < -0.39 is 0 Å². The lowest BCUT2D eigenvalue weighted by atomic mass is 10.00. The molecule has 2 amide bonds. The van der Waals surface area contributed by atoms with E-state index in [2.05, 4.69) is 26.3 Å². The molecule has 14 heteroatoms. The summed E-state index contributed by atoms with van der Waals surface area (Å²) in [6.45, 7) is 2.43. The van der Waals surface area contributed by atoms with E-state index in [0.717, 1.165) is 40.8 Å². The number of pyridine rings is 3. The normalized spacial score (nSPS) is 17.2. The first kappa shape index (κ1) is 34.7. The molecule has 7 rings (SSSR count). The van der Waals surface area contributed by atoms with E-state index in [1.165, 1.54) is 0 Å². The number of methoxy groups -OCH3 is 2. The molecule has 4 N–H and O–H groups in total. The molecule has 2 aliphatic heterocycles. The van der Waals surface area contributed by atoms with Crippen LogP contribution in [0.15, 0.2) is 61.1 Å². The average Bonchev–Trinajstić information content (AvgIpc) is 3.87. The molecule has 0 spiro atoms. The number of ether oxygens (including phenoxy) is 2. The molecule has 2 aliphatic rings. The van der Waals surface area contributed by atoms with Crippen LogP contribution in [0.3, 0.4) is 0 Å². The van der Waals surface area contributed by atoms with Crippen molar-refractivity contribution in [3.05, 3.63) is 82.4 Å². The third-order valence-corrected chi connectivity index (χ3v) is 10.0. The lowest BCUT2D eigenvalue weighted by Crippen LogP contribution is -2.35. The van der Waals surface area contributed by atoms with Gasteiger partial charge in [-0.3, -0.25) is 14.6 Å². The SMILES string of the molecule is COc1nc(-c2cccc(-c3ccnc(-c4cc(OC)c5nc(CNC[C@H]6CCC(=O)N6)cn5c4)c3Cl)c2Cl)ccc1CNC[C@@H]1CCC(=O)N1. The van der Waals surface area contributed by atoms with Crippen molar-refractivity contribution in [2.75, 3.05) is 27.3 Å². The number of nitrogens with one attached hydrogen (secondary N) is 4. The van der Waals surface area contributed by atoms with E-state index >= 15 is 0 Å². The summed E-state index contributed by atoms with van der Waals surface area (Å²) in [6, 6.07) is 13.6. The Morgan fingerprint density at radius 1 is 0.843 bits per heavy atom. The van der Waals surface area contributed by atoms with Gasteiger partial charge < -0.3 is 35.1 Å². The molecular formula is C37H38Cl2N8O4. The Morgan fingerprint density at radius 2 is 1.55 bits per heavy atom. The number of fused-ring (bicyclic) bond motifs is 1. The van der Waals surface area contributed by atoms with E-state index in [-0.39, 0.29) is 23.9 Å². The Bertz CT molecular complexity index is 2110. The summed E-state index contributed by atoms with van der Waals surface area (Å²) in [7, 11) is 3.20. The molecule has 0 saturated carbocycles. The van der Waals surface area contributed by atoms with Crippen molar-refractivity contribution in [3.63, 3.8) is 0 Å². The van der Waals surface area contributed by atoms with Crippen molar-refractivity contribution in [1.82, 2.24) is 40.6 Å². The van der Waals surface area contributed by atoms with Crippen LogP contribution in [0.1, 0.15) is 36.9 Å². The first-order valence-electron chi connectivity index (χ1n) is 16.8. The molecule has 5 aromatic rings. The molecule has 0 unspecified atom stereocenters. The summed E-state index contributed by atoms with van der Waals surface area (Å²) < 4.78 is 13.3. The molecule has 2 atom stereocenters. The molecular weight excluding hydrogens is 691 g/mol. The van der Waals surface area contributed by atoms with Gasteiger partial charge in [0, 0.05) is 97.5 Å². The second kappa shape index (κ2) is 15.2. The van der Waals surface area contributed by atoms with Crippen molar-refractivity contribution in [2.45, 2.75) is 50.9 Å². The minimum absolute atomic E-state index is 0.0946. The number of nitrogens with zero attached hydrogens (tertiary/aromatic N) is 4. The summed E-state index contributed by atoms with van der Waals surface area (Å²) in [4.78, 5) is 37.3. The predicted octanol–water partition coefficient (Wildman–Crippen LogP) is 5.19. The zero-order valence-corrected chi connectivity index (χ0v) is 29.8. The number of carbonyl (C=O) groups is 2. The molecule has 0 aliphatic carbocycles. The lowest BCUT2D eigenvalue weighted by Gasteiger charge is -2.15. The first-order valence-corrected chi connectivity index (χ1v) is 17.6. The van der Waals surface area contributed by atoms with Crippen LogP contribution in [0.4, 0.5) is 0 Å². The first-order chi connectivity index (χ1) is 24.8. The number of benzene rings is 1. The van der Waals surface area contributed by atoms with Gasteiger partial charge in [0.2, 0.25) is 17.7 Å². The highest BCUT2D eigenvalue weighted by Crippen LogP contribution is 2.42. The summed E-state index contributed by atoms with van der Waals surface area (Å²) in [6.07, 6.45) is 8.38. The largest absolute Gasteiger partial charge is 0.493 e. The molecule has 0 bridgehead atoms. The minimum Gasteiger partial charge on any atom is -0.493 e. The zero-order valence-electron chi connectivity index (χ0n) is 28.3. The number of rotatable bonds is 13. The molecule has 2 fully saturated rings. The Hall–Kier alpha value is -4.75. The van der Waals surface area contributed by atoms with Gasteiger partial charge in [-0.1, -0.05) is 47.5 Å². The van der Waals surface area contributed by atoms with Gasteiger partial charge in [-0.15, -0.1) is 0 Å². The number of aromatic nitrogens is 4. The maximum Gasteiger partial charge on any atom is 0.220 e. The fourth-order valence-corrected chi connectivity index (χ4v) is 7.27. The standard InChI is InChI=1S/C37H38Cl2N8O4/c1-50-30-14-22(19-47-20-25(45-36(30)47)18-41-17-24-8-11-32(49)44-24)35-34(39)27(12-13-42-35)26-4-3-5-28(33(26)38)29-9-6-21(37(46-29)51-2)15-40-16-23-7-10-31(48)43-23/h3-6,9,12-14,19-20,23-24,40-41H,7-8,10-11,15-18H2,1-2H3,(H,43,48)(H,44,49)/t23-,24+/m0/s1. The van der Waals surface area contributed by atoms with Gasteiger partial charge in [-0.25, -0.2) is 9.97 Å². The number of halogens is 2. The van der Waals surface area contributed by atoms with Crippen LogP contribution < -0.4 is 30.7 Å². The second-order valence-electron chi connectivity index (χ2n) is 12.7. The van der Waals surface area contributed by atoms with Crippen molar-refractivity contribution >= 4 is 40.7 Å². The number of imidazole rings is 1. The van der Waals surface area contributed by atoms with Crippen LogP contribution in [-0.2, 0) is 22.7 Å². The Kier molecular flexibility index (Phi) is 10.4. The van der Waals surface area contributed by atoms with Gasteiger partial charge in [-0.05, 0) is 31.0 Å². The van der Waals surface area contributed by atoms with Crippen LogP contribution in [0.2, 0.25) is 10.0 Å². The van der Waals surface area contributed by atoms with E-state index in [4.69, 9.17) is 42.6 Å². The third-order valence-electron chi connectivity index (χ3n) is 9.22. The Morgan fingerprint density at radius 3 is 2.24 bits per heavy atom. The summed E-state index contributed by atoms with van der Waals surface area (Å²) in [5.41, 5.74) is 6.54. The summed E-state index contributed by atoms with van der Waals surface area (Å²) >= 11 is 14.2. The van der Waals surface area contributed by atoms with Crippen LogP contribution in [0.25, 0.3) is 39.3 Å². The smallest absolute Gasteiger partial charge is 0.220 e. The number of carbonyl (C=O) groups excluding carboxylic acids is 2. The summed E-state index contributed by atoms with van der Waals surface area (Å²) in [5.74, 6) is 1.26. The van der Waals surface area contributed by atoms with Crippen LogP contribution in [0, 0.1) is 0 Å². The van der Waals surface area contributed by atoms with Crippen molar-refractivity contribution in [2.24, 2.45) is 0 Å². The highest BCUT2D eigenvalue weighted by Gasteiger charge is 2.23. The van der Waals surface area contributed by atoms with E-state index in [9.17, 15) is 9.59 Å². The quantitative estimate of drug-likeness (QED) is 0.129. The summed E-state index contributed by atoms with van der Waals surface area (Å²) in [5, 5.41) is 13.7. The molecule has 12 nitrogen and oxygen atoms in total. The average molecular weight is 730 g/mol. The number of hydrogen-bond acceptors (Lipinski definition) is 9. The minimum atomic E-state index is 0.0946. The van der Waals surface area contributed by atoms with Gasteiger partial charge in [0.15, 0.2) is 11.4 Å². The molecule has 1 aromatic carbocycles. The fourth-order valence-electron chi connectivity index (χ4n) is 6.62. The molecule has 264 valence electrons. The van der Waals surface area contributed by atoms with Gasteiger partial charge in [0.05, 0.1) is 41.3 Å². The predicted molar refractivity (Wildman–Crippen MR) is 196 cm³/mol. The maximum atomic E-state index is 11.5. The topological polar surface area (TPSA) is 144 Å². The molecule has 2 saturated heterocycles. The van der Waals surface area contributed by atoms with Gasteiger partial charge in [0.1, 0.15) is 0 Å². The third kappa shape index (κ3) is 7.50. The molecule has 51 heavy (non-hydrogen) atoms. The fraction of sp³-hybridized carbons (Fsp3) is 0.324. The van der Waals surface area contributed by atoms with Gasteiger partial charge in [-0.2, -0.15) is 0 Å². The van der Waals surface area contributed by atoms with Crippen molar-refractivity contribution < 1.29 is 19.1 Å². The second-order valence-corrected chi connectivity index (χ2v) is 13.4. The van der Waals surface area contributed by atoms with Crippen molar-refractivity contribution in [3.8, 4) is 45.3 Å². The highest BCUT2D eigenvalue weighted by molar-refractivity contribution is 6.39. The highest BCUT2D eigenvalue weighted by atomic mass is 35.5. The van der Waals surface area contributed by atoms with Crippen molar-refractivity contribution in [1.29, 1.82) is 0 Å². The van der Waals surface area contributed by atoms with E-state index in [1.807, 2.05) is 59.3 Å².